The summed E-state index contributed by atoms with van der Waals surface area (Å²) in [6.45, 7) is 0. The zero-order valence-electron chi connectivity index (χ0n) is 38.7. The van der Waals surface area contributed by atoms with Gasteiger partial charge in [0.25, 0.3) is 0 Å². The molecule has 0 aliphatic heterocycles. The van der Waals surface area contributed by atoms with E-state index in [2.05, 4.69) is 54.6 Å². The third kappa shape index (κ3) is 6.98. The molecule has 0 unspecified atom stereocenters. The molecular weight excluding hydrogens is 889 g/mol. The molecule has 0 N–H and O–H groups in total. The van der Waals surface area contributed by atoms with E-state index < -0.39 is 0 Å². The molecule has 9 heteroatoms. The Hall–Kier alpha value is -9.99. The van der Waals surface area contributed by atoms with Crippen LogP contribution in [0.1, 0.15) is 0 Å². The van der Waals surface area contributed by atoms with Crippen molar-refractivity contribution in [2.45, 2.75) is 0 Å². The highest BCUT2D eigenvalue weighted by Crippen LogP contribution is 2.36. The summed E-state index contributed by atoms with van der Waals surface area (Å²) in [7, 11) is 0. The number of imidazole rings is 3. The van der Waals surface area contributed by atoms with Gasteiger partial charge in [0.05, 0.1) is 67.2 Å². The van der Waals surface area contributed by atoms with Crippen LogP contribution in [0.3, 0.4) is 0 Å². The van der Waals surface area contributed by atoms with E-state index in [1.807, 2.05) is 200 Å². The van der Waals surface area contributed by atoms with Crippen LogP contribution in [-0.4, -0.2) is 27.4 Å². The predicted octanol–water partition coefficient (Wildman–Crippen LogP) is 13.0. The molecule has 0 spiro atoms. The van der Waals surface area contributed by atoms with E-state index in [0.29, 0.717) is 0 Å². The lowest BCUT2D eigenvalue weighted by Gasteiger charge is -2.14. The van der Waals surface area contributed by atoms with Crippen LogP contribution < -0.4 is 17.1 Å². The van der Waals surface area contributed by atoms with E-state index in [1.54, 1.807) is 27.4 Å². The highest BCUT2D eigenvalue weighted by Gasteiger charge is 2.20. The van der Waals surface area contributed by atoms with Gasteiger partial charge in [-0.15, -0.1) is 0 Å². The van der Waals surface area contributed by atoms with Crippen LogP contribution in [0.2, 0.25) is 0 Å². The Labute approximate surface area is 412 Å². The van der Waals surface area contributed by atoms with Crippen LogP contribution in [0.25, 0.3) is 101 Å². The van der Waals surface area contributed by atoms with Gasteiger partial charge < -0.3 is 0 Å². The first-order chi connectivity index (χ1) is 35.5. The quantitative estimate of drug-likeness (QED) is 0.145. The molecule has 0 saturated carbocycles. The summed E-state index contributed by atoms with van der Waals surface area (Å²) in [5, 5.41) is 0. The summed E-state index contributed by atoms with van der Waals surface area (Å²) in [5.41, 5.74) is 14.2. The molecule has 0 saturated heterocycles. The first-order valence-electron chi connectivity index (χ1n) is 23.8. The summed E-state index contributed by atoms with van der Waals surface area (Å²) in [4.78, 5) is 43.7. The lowest BCUT2D eigenvalue weighted by molar-refractivity contribution is 0.931. The fourth-order valence-corrected chi connectivity index (χ4v) is 10.3. The number of para-hydroxylation sites is 9. The summed E-state index contributed by atoms with van der Waals surface area (Å²) in [5.74, 6) is 0. The lowest BCUT2D eigenvalue weighted by atomic mass is 9.93. The number of benzene rings is 10. The van der Waals surface area contributed by atoms with Gasteiger partial charge in [-0.05, 0) is 161 Å². The Morgan fingerprint density at radius 1 is 0.181 bits per heavy atom. The number of hydrogen-bond acceptors (Lipinski definition) is 3. The second-order valence-corrected chi connectivity index (χ2v) is 17.8. The summed E-state index contributed by atoms with van der Waals surface area (Å²) < 4.78 is 10.6. The molecule has 3 aromatic heterocycles. The van der Waals surface area contributed by atoms with E-state index in [0.717, 1.165) is 101 Å². The van der Waals surface area contributed by atoms with E-state index in [4.69, 9.17) is 0 Å². The molecule has 0 aliphatic carbocycles. The molecule has 0 bridgehead atoms. The molecule has 13 rings (SSSR count). The predicted molar refractivity (Wildman–Crippen MR) is 290 cm³/mol. The summed E-state index contributed by atoms with van der Waals surface area (Å²) in [6.07, 6.45) is 0. The van der Waals surface area contributed by atoms with Gasteiger partial charge in [0.15, 0.2) is 0 Å². The Bertz CT molecular complexity index is 3940. The Morgan fingerprint density at radius 2 is 0.389 bits per heavy atom. The van der Waals surface area contributed by atoms with Crippen molar-refractivity contribution in [3.05, 3.63) is 286 Å². The number of nitrogens with zero attached hydrogens (tertiary/aromatic N) is 6. The molecule has 9 nitrogen and oxygen atoms in total. The van der Waals surface area contributed by atoms with Crippen LogP contribution in [0.15, 0.2) is 269 Å². The lowest BCUT2D eigenvalue weighted by Crippen LogP contribution is -2.22. The molecule has 0 fully saturated rings. The molecule has 0 radical (unpaired) electrons. The molecule has 342 valence electrons. The highest BCUT2D eigenvalue weighted by atomic mass is 16.2. The van der Waals surface area contributed by atoms with E-state index in [-0.39, 0.29) is 17.1 Å². The Morgan fingerprint density at radius 3 is 0.639 bits per heavy atom. The van der Waals surface area contributed by atoms with Crippen molar-refractivity contribution in [1.29, 1.82) is 0 Å². The molecule has 0 aliphatic rings. The van der Waals surface area contributed by atoms with Gasteiger partial charge in [-0.2, -0.15) is 0 Å². The Kier molecular flexibility index (Phi) is 10.1. The molecule has 0 amide bonds. The molecule has 10 aromatic carbocycles. The number of aromatic nitrogens is 6. The Balaban J connectivity index is 0.996. The minimum absolute atomic E-state index is 0.171. The van der Waals surface area contributed by atoms with Gasteiger partial charge in [-0.25, -0.2) is 14.4 Å². The largest absolute Gasteiger partial charge is 0.338 e. The maximum Gasteiger partial charge on any atom is 0.338 e. The maximum atomic E-state index is 14.6. The van der Waals surface area contributed by atoms with Crippen molar-refractivity contribution < 1.29 is 0 Å². The minimum Gasteiger partial charge on any atom is -0.260 e. The van der Waals surface area contributed by atoms with Crippen LogP contribution in [-0.2, 0) is 0 Å². The van der Waals surface area contributed by atoms with Crippen LogP contribution in [0.4, 0.5) is 0 Å². The first-order valence-corrected chi connectivity index (χ1v) is 23.8. The van der Waals surface area contributed by atoms with Crippen LogP contribution in [0, 0.1) is 0 Å². The van der Waals surface area contributed by atoms with E-state index in [9.17, 15) is 14.4 Å². The minimum atomic E-state index is -0.171. The zero-order valence-corrected chi connectivity index (χ0v) is 38.7. The van der Waals surface area contributed by atoms with Crippen molar-refractivity contribution in [2.75, 3.05) is 0 Å². The third-order valence-corrected chi connectivity index (χ3v) is 13.5. The van der Waals surface area contributed by atoms with Crippen molar-refractivity contribution >= 4 is 33.1 Å². The normalized spacial score (nSPS) is 11.5. The topological polar surface area (TPSA) is 80.8 Å². The number of fused-ring (bicyclic) bond motifs is 3. The van der Waals surface area contributed by atoms with Gasteiger partial charge in [0.1, 0.15) is 0 Å². The van der Waals surface area contributed by atoms with Crippen LogP contribution >= 0.6 is 0 Å². The van der Waals surface area contributed by atoms with Crippen molar-refractivity contribution in [3.8, 4) is 67.5 Å². The van der Waals surface area contributed by atoms with Gasteiger partial charge in [-0.1, -0.05) is 127 Å². The second-order valence-electron chi connectivity index (χ2n) is 17.8. The SMILES string of the molecule is O=c1n(-c2ccccc2)c2ccccc2n1-c1cccc(-c2cc(-c3cccc(-n4c(=O)n(-c5ccccc5)c5ccccc54)c3)cc(-c3cccc(-n4c(=O)n(-c5ccccc5)c5ccccc54)c3)c2)c1. The van der Waals surface area contributed by atoms with Crippen molar-refractivity contribution in [1.82, 2.24) is 27.4 Å². The number of rotatable bonds is 9. The average molecular weight is 931 g/mol. The highest BCUT2D eigenvalue weighted by molar-refractivity contribution is 5.86. The second kappa shape index (κ2) is 17.2. The smallest absolute Gasteiger partial charge is 0.260 e. The maximum absolute atomic E-state index is 14.6. The van der Waals surface area contributed by atoms with Gasteiger partial charge in [0, 0.05) is 0 Å². The molecular formula is C63H42N6O3. The van der Waals surface area contributed by atoms with Crippen molar-refractivity contribution in [2.24, 2.45) is 0 Å². The van der Waals surface area contributed by atoms with Gasteiger partial charge in [-0.3, -0.25) is 27.4 Å². The fraction of sp³-hybridized carbons (Fsp3) is 0. The summed E-state index contributed by atoms with van der Waals surface area (Å²) >= 11 is 0. The van der Waals surface area contributed by atoms with Crippen LogP contribution in [0.5, 0.6) is 0 Å². The summed E-state index contributed by atoms with van der Waals surface area (Å²) in [6, 6.07) is 83.5. The van der Waals surface area contributed by atoms with E-state index >= 15 is 0 Å². The van der Waals surface area contributed by atoms with Crippen molar-refractivity contribution in [3.63, 3.8) is 0 Å². The van der Waals surface area contributed by atoms with Gasteiger partial charge in [0.2, 0.25) is 0 Å². The van der Waals surface area contributed by atoms with E-state index in [1.165, 1.54) is 0 Å². The molecule has 72 heavy (non-hydrogen) atoms. The standard InChI is InChI=1S/C63H42N6O3/c70-61-64(49-22-4-1-5-23-49)55-31-10-13-34-58(55)67(61)52-28-16-19-43(40-52)46-37-47(44-20-17-29-53(41-44)68-59-35-14-11-32-56(59)65(62(68)71)50-24-6-2-7-25-50)39-48(38-46)45-21-18-30-54(42-45)69-60-36-15-12-33-57(60)66(63(69)72)51-26-8-3-9-27-51/h1-42H. The molecule has 3 heterocycles. The third-order valence-electron chi connectivity index (χ3n) is 13.5. The fourth-order valence-electron chi connectivity index (χ4n) is 10.3. The first kappa shape index (κ1) is 42.1. The molecule has 0 atom stereocenters. The van der Waals surface area contributed by atoms with Gasteiger partial charge >= 0.3 is 17.1 Å². The molecule has 13 aromatic rings. The average Bonchev–Trinajstić information content (AvgIpc) is 4.03. The monoisotopic (exact) mass is 930 g/mol. The number of hydrogen-bond donors (Lipinski definition) is 0. The zero-order chi connectivity index (χ0) is 48.3.